The molecule has 1 heterocycles. The standard InChI is InChI=1S/C35H44N4O2/c1-5-29(6-2)35(41)39(22-20-27-12-8-7-9-13-27)26-34(40)38(25-28-16-18-31(19-17-28)37(3)4)23-21-30-24-36-33-15-11-10-14-32(30)33/h7-19,24,29,36H,5-6,20-23,25-26H2,1-4H3. The summed E-state index contributed by atoms with van der Waals surface area (Å²) in [6.45, 7) is 5.79. The summed E-state index contributed by atoms with van der Waals surface area (Å²) in [7, 11) is 4.04. The van der Waals surface area contributed by atoms with Crippen LogP contribution in [0.1, 0.15) is 43.4 Å². The molecule has 0 aliphatic rings. The number of fused-ring (bicyclic) bond motifs is 1. The van der Waals surface area contributed by atoms with Crippen molar-refractivity contribution in [1.82, 2.24) is 14.8 Å². The Morgan fingerprint density at radius 3 is 2.10 bits per heavy atom. The Labute approximate surface area is 245 Å². The summed E-state index contributed by atoms with van der Waals surface area (Å²) in [5, 5.41) is 1.18. The van der Waals surface area contributed by atoms with Gasteiger partial charge in [-0.2, -0.15) is 0 Å². The van der Waals surface area contributed by atoms with Crippen molar-refractivity contribution in [3.05, 3.63) is 102 Å². The molecule has 1 N–H and O–H groups in total. The number of benzene rings is 3. The fraction of sp³-hybridized carbons (Fsp3) is 0.371. The minimum Gasteiger partial charge on any atom is -0.378 e. The highest BCUT2D eigenvalue weighted by Crippen LogP contribution is 2.20. The number of hydrogen-bond acceptors (Lipinski definition) is 3. The number of para-hydroxylation sites is 1. The van der Waals surface area contributed by atoms with E-state index in [9.17, 15) is 9.59 Å². The number of rotatable bonds is 14. The van der Waals surface area contributed by atoms with Crippen LogP contribution in [-0.4, -0.2) is 60.3 Å². The van der Waals surface area contributed by atoms with Crippen molar-refractivity contribution < 1.29 is 9.59 Å². The zero-order chi connectivity index (χ0) is 29.2. The lowest BCUT2D eigenvalue weighted by Crippen LogP contribution is -2.46. The molecule has 1 aromatic heterocycles. The number of carbonyl (C=O) groups is 2. The summed E-state index contributed by atoms with van der Waals surface area (Å²) in [6, 6.07) is 26.8. The molecule has 0 atom stereocenters. The Hall–Kier alpha value is -4.06. The molecule has 0 bridgehead atoms. The Morgan fingerprint density at radius 2 is 1.41 bits per heavy atom. The summed E-state index contributed by atoms with van der Waals surface area (Å²) in [5.41, 5.74) is 5.65. The summed E-state index contributed by atoms with van der Waals surface area (Å²) in [5.74, 6) is -0.0167. The third-order valence-corrected chi connectivity index (χ3v) is 7.99. The molecule has 0 saturated carbocycles. The van der Waals surface area contributed by atoms with Gasteiger partial charge in [-0.25, -0.2) is 0 Å². The number of hydrogen-bond donors (Lipinski definition) is 1. The van der Waals surface area contributed by atoms with Crippen molar-refractivity contribution in [3.8, 4) is 0 Å². The largest absolute Gasteiger partial charge is 0.378 e. The van der Waals surface area contributed by atoms with Gasteiger partial charge >= 0.3 is 0 Å². The normalized spacial score (nSPS) is 11.1. The van der Waals surface area contributed by atoms with Crippen LogP contribution in [0.25, 0.3) is 10.9 Å². The molecular weight excluding hydrogens is 508 g/mol. The van der Waals surface area contributed by atoms with E-state index in [0.29, 0.717) is 19.6 Å². The van der Waals surface area contributed by atoms with Gasteiger partial charge in [0, 0.05) is 62.4 Å². The Balaban J connectivity index is 1.55. The molecule has 3 aromatic carbocycles. The number of anilines is 1. The first-order chi connectivity index (χ1) is 19.9. The van der Waals surface area contributed by atoms with E-state index >= 15 is 0 Å². The molecule has 2 amide bonds. The van der Waals surface area contributed by atoms with Crippen LogP contribution >= 0.6 is 0 Å². The van der Waals surface area contributed by atoms with Gasteiger partial charge in [-0.05, 0) is 60.6 Å². The van der Waals surface area contributed by atoms with Crippen LogP contribution < -0.4 is 4.90 Å². The fourth-order valence-corrected chi connectivity index (χ4v) is 5.34. The highest BCUT2D eigenvalue weighted by atomic mass is 16.2. The predicted molar refractivity (Wildman–Crippen MR) is 169 cm³/mol. The quantitative estimate of drug-likeness (QED) is 0.199. The van der Waals surface area contributed by atoms with E-state index in [4.69, 9.17) is 0 Å². The molecule has 6 nitrogen and oxygen atoms in total. The molecule has 0 spiro atoms. The van der Waals surface area contributed by atoms with Crippen LogP contribution in [-0.2, 0) is 29.0 Å². The highest BCUT2D eigenvalue weighted by Gasteiger charge is 2.26. The van der Waals surface area contributed by atoms with Gasteiger partial charge in [0.05, 0.1) is 6.54 Å². The lowest BCUT2D eigenvalue weighted by Gasteiger charge is -2.30. The second-order valence-corrected chi connectivity index (χ2v) is 11.0. The van der Waals surface area contributed by atoms with E-state index in [1.807, 2.05) is 69.4 Å². The molecular formula is C35H44N4O2. The van der Waals surface area contributed by atoms with Crippen LogP contribution in [0.3, 0.4) is 0 Å². The smallest absolute Gasteiger partial charge is 0.242 e. The lowest BCUT2D eigenvalue weighted by atomic mass is 10.0. The van der Waals surface area contributed by atoms with Crippen molar-refractivity contribution in [2.24, 2.45) is 5.92 Å². The topological polar surface area (TPSA) is 59.7 Å². The number of nitrogens with zero attached hydrogens (tertiary/aromatic N) is 3. The van der Waals surface area contributed by atoms with Crippen molar-refractivity contribution >= 4 is 28.4 Å². The van der Waals surface area contributed by atoms with Crippen molar-refractivity contribution in [2.75, 3.05) is 38.6 Å². The molecule has 4 rings (SSSR count). The first-order valence-electron chi connectivity index (χ1n) is 14.8. The second kappa shape index (κ2) is 14.5. The van der Waals surface area contributed by atoms with Gasteiger partial charge in [0.15, 0.2) is 0 Å². The van der Waals surface area contributed by atoms with Crippen molar-refractivity contribution in [2.45, 2.75) is 46.1 Å². The van der Waals surface area contributed by atoms with Crippen molar-refractivity contribution in [3.63, 3.8) is 0 Å². The van der Waals surface area contributed by atoms with Gasteiger partial charge in [-0.1, -0.05) is 74.5 Å². The van der Waals surface area contributed by atoms with Crippen LogP contribution in [0.15, 0.2) is 85.1 Å². The first-order valence-corrected chi connectivity index (χ1v) is 14.8. The molecule has 216 valence electrons. The molecule has 0 saturated heterocycles. The fourth-order valence-electron chi connectivity index (χ4n) is 5.34. The molecule has 4 aromatic rings. The first kappa shape index (κ1) is 29.9. The lowest BCUT2D eigenvalue weighted by molar-refractivity contribution is -0.143. The van der Waals surface area contributed by atoms with Crippen LogP contribution in [0, 0.1) is 5.92 Å². The zero-order valence-electron chi connectivity index (χ0n) is 25.0. The van der Waals surface area contributed by atoms with Crippen molar-refractivity contribution in [1.29, 1.82) is 0 Å². The van der Waals surface area contributed by atoms with E-state index in [1.54, 1.807) is 4.90 Å². The number of aromatic nitrogens is 1. The number of carbonyl (C=O) groups excluding carboxylic acids is 2. The molecule has 0 unspecified atom stereocenters. The van der Waals surface area contributed by atoms with Gasteiger partial charge in [0.1, 0.15) is 0 Å². The maximum Gasteiger partial charge on any atom is 0.242 e. The summed E-state index contributed by atoms with van der Waals surface area (Å²) < 4.78 is 0. The third-order valence-electron chi connectivity index (χ3n) is 7.99. The Morgan fingerprint density at radius 1 is 0.756 bits per heavy atom. The Bertz CT molecular complexity index is 1390. The monoisotopic (exact) mass is 552 g/mol. The van der Waals surface area contributed by atoms with Gasteiger partial charge < -0.3 is 19.7 Å². The van der Waals surface area contributed by atoms with E-state index in [-0.39, 0.29) is 24.3 Å². The summed E-state index contributed by atoms with van der Waals surface area (Å²) in [6.07, 6.45) is 5.04. The number of H-pyrrole nitrogens is 1. The SMILES string of the molecule is CCC(CC)C(=O)N(CCc1ccccc1)CC(=O)N(CCc1c[nH]c2ccccc12)Cc1ccc(N(C)C)cc1. The number of nitrogens with one attached hydrogen (secondary N) is 1. The Kier molecular flexibility index (Phi) is 10.6. The van der Waals surface area contributed by atoms with Gasteiger partial charge in [-0.15, -0.1) is 0 Å². The molecule has 0 radical (unpaired) electrons. The highest BCUT2D eigenvalue weighted by molar-refractivity contribution is 5.86. The van der Waals surface area contributed by atoms with Gasteiger partial charge in [0.2, 0.25) is 11.8 Å². The molecule has 0 aliphatic carbocycles. The average molecular weight is 553 g/mol. The average Bonchev–Trinajstić information content (AvgIpc) is 3.41. The van der Waals surface area contributed by atoms with E-state index in [2.05, 4.69) is 58.4 Å². The third kappa shape index (κ3) is 8.00. The van der Waals surface area contributed by atoms with Crippen LogP contribution in [0.2, 0.25) is 0 Å². The minimum atomic E-state index is -0.0724. The maximum atomic E-state index is 14.0. The van der Waals surface area contributed by atoms with Gasteiger partial charge in [-0.3, -0.25) is 9.59 Å². The molecule has 41 heavy (non-hydrogen) atoms. The summed E-state index contributed by atoms with van der Waals surface area (Å²) in [4.78, 5) is 36.7. The number of aromatic amines is 1. The van der Waals surface area contributed by atoms with E-state index < -0.39 is 0 Å². The molecule has 6 heteroatoms. The molecule has 0 aliphatic heterocycles. The predicted octanol–water partition coefficient (Wildman–Crippen LogP) is 6.31. The van der Waals surface area contributed by atoms with E-state index in [0.717, 1.165) is 42.5 Å². The maximum absolute atomic E-state index is 14.0. The second-order valence-electron chi connectivity index (χ2n) is 11.0. The van der Waals surface area contributed by atoms with Gasteiger partial charge in [0.25, 0.3) is 0 Å². The zero-order valence-corrected chi connectivity index (χ0v) is 25.0. The molecule has 0 fully saturated rings. The minimum absolute atomic E-state index is 0.0195. The van der Waals surface area contributed by atoms with Crippen LogP contribution in [0.4, 0.5) is 5.69 Å². The number of amides is 2. The van der Waals surface area contributed by atoms with E-state index in [1.165, 1.54) is 16.5 Å². The van der Waals surface area contributed by atoms with Crippen LogP contribution in [0.5, 0.6) is 0 Å². The summed E-state index contributed by atoms with van der Waals surface area (Å²) >= 11 is 0.